The fourth-order valence-electron chi connectivity index (χ4n) is 1.71. The van der Waals surface area contributed by atoms with Gasteiger partial charge in [0.1, 0.15) is 18.2 Å². The molecule has 1 atom stereocenters. The number of nitrogens with one attached hydrogen (secondary N) is 1. The van der Waals surface area contributed by atoms with Gasteiger partial charge in [0.2, 0.25) is 0 Å². The molecule has 0 fully saturated rings. The van der Waals surface area contributed by atoms with Gasteiger partial charge in [0, 0.05) is 11.5 Å². The summed E-state index contributed by atoms with van der Waals surface area (Å²) >= 11 is 1.35. The third kappa shape index (κ3) is 8.79. The number of hydrogen-bond acceptors (Lipinski definition) is 6. The molecule has 0 radical (unpaired) electrons. The Hall–Kier alpha value is -1.73. The SMILES string of the molecule is CC(C)(C)OC(=O)N[C@@H](CSCCO)C(=O)OCc1ccccc1. The van der Waals surface area contributed by atoms with Crippen molar-refractivity contribution in [2.45, 2.75) is 39.0 Å². The minimum Gasteiger partial charge on any atom is -0.459 e. The number of aliphatic hydroxyl groups excluding tert-OH is 1. The molecule has 0 aliphatic rings. The molecule has 0 aliphatic carbocycles. The Labute approximate surface area is 146 Å². The van der Waals surface area contributed by atoms with Crippen LogP contribution in [-0.2, 0) is 20.9 Å². The largest absolute Gasteiger partial charge is 0.459 e. The van der Waals surface area contributed by atoms with Gasteiger partial charge in [-0.05, 0) is 26.3 Å². The summed E-state index contributed by atoms with van der Waals surface area (Å²) in [5, 5.41) is 11.4. The first-order valence-corrected chi connectivity index (χ1v) is 8.86. The highest BCUT2D eigenvalue weighted by Gasteiger charge is 2.25. The lowest BCUT2D eigenvalue weighted by molar-refractivity contribution is -0.146. The Morgan fingerprint density at radius 2 is 1.92 bits per heavy atom. The molecule has 1 aromatic carbocycles. The number of alkyl carbamates (subject to hydrolysis) is 1. The molecule has 0 spiro atoms. The van der Waals surface area contributed by atoms with Crippen LogP contribution in [0.1, 0.15) is 26.3 Å². The highest BCUT2D eigenvalue weighted by atomic mass is 32.2. The number of thioether (sulfide) groups is 1. The number of ether oxygens (including phenoxy) is 2. The molecule has 0 unspecified atom stereocenters. The van der Waals surface area contributed by atoms with Crippen molar-refractivity contribution in [2.24, 2.45) is 0 Å². The van der Waals surface area contributed by atoms with Gasteiger partial charge in [-0.1, -0.05) is 30.3 Å². The van der Waals surface area contributed by atoms with Crippen molar-refractivity contribution in [2.75, 3.05) is 18.1 Å². The molecule has 0 bridgehead atoms. The Bertz CT molecular complexity index is 515. The van der Waals surface area contributed by atoms with Gasteiger partial charge in [-0.25, -0.2) is 9.59 Å². The normalized spacial score (nSPS) is 12.3. The number of aliphatic hydroxyl groups is 1. The maximum Gasteiger partial charge on any atom is 0.408 e. The van der Waals surface area contributed by atoms with Crippen molar-refractivity contribution in [3.05, 3.63) is 35.9 Å². The highest BCUT2D eigenvalue weighted by Crippen LogP contribution is 2.10. The number of amides is 1. The van der Waals surface area contributed by atoms with Crippen LogP contribution in [-0.4, -0.2) is 46.9 Å². The van der Waals surface area contributed by atoms with E-state index >= 15 is 0 Å². The van der Waals surface area contributed by atoms with Crippen LogP contribution in [0, 0.1) is 0 Å². The molecule has 24 heavy (non-hydrogen) atoms. The highest BCUT2D eigenvalue weighted by molar-refractivity contribution is 7.99. The minimum atomic E-state index is -0.833. The zero-order chi connectivity index (χ0) is 18.0. The smallest absolute Gasteiger partial charge is 0.408 e. The summed E-state index contributed by atoms with van der Waals surface area (Å²) in [6, 6.07) is 8.46. The maximum atomic E-state index is 12.2. The number of carbonyl (C=O) groups excluding carboxylic acids is 2. The monoisotopic (exact) mass is 355 g/mol. The number of esters is 1. The fourth-order valence-corrected chi connectivity index (χ4v) is 2.46. The van der Waals surface area contributed by atoms with E-state index in [1.807, 2.05) is 30.3 Å². The lowest BCUT2D eigenvalue weighted by atomic mass is 10.2. The van der Waals surface area contributed by atoms with Gasteiger partial charge in [0.15, 0.2) is 0 Å². The summed E-state index contributed by atoms with van der Waals surface area (Å²) in [6.07, 6.45) is -0.672. The summed E-state index contributed by atoms with van der Waals surface area (Å²) in [4.78, 5) is 24.1. The second-order valence-electron chi connectivity index (χ2n) is 6.09. The predicted molar refractivity (Wildman–Crippen MR) is 93.8 cm³/mol. The van der Waals surface area contributed by atoms with Gasteiger partial charge >= 0.3 is 12.1 Å². The lowest BCUT2D eigenvalue weighted by Gasteiger charge is -2.22. The summed E-state index contributed by atoms with van der Waals surface area (Å²) in [6.45, 7) is 5.38. The number of benzene rings is 1. The molecule has 1 aromatic rings. The van der Waals surface area contributed by atoms with E-state index < -0.39 is 23.7 Å². The van der Waals surface area contributed by atoms with E-state index in [9.17, 15) is 9.59 Å². The fraction of sp³-hybridized carbons (Fsp3) is 0.529. The van der Waals surface area contributed by atoms with Gasteiger partial charge < -0.3 is 19.9 Å². The molecule has 1 rings (SSSR count). The van der Waals surface area contributed by atoms with Crippen molar-refractivity contribution in [3.63, 3.8) is 0 Å². The van der Waals surface area contributed by atoms with Crippen LogP contribution in [0.2, 0.25) is 0 Å². The number of rotatable bonds is 8. The molecule has 0 heterocycles. The van der Waals surface area contributed by atoms with Crippen LogP contribution in [0.4, 0.5) is 4.79 Å². The molecule has 6 nitrogen and oxygen atoms in total. The standard InChI is InChI=1S/C17H25NO5S/c1-17(2,3)23-16(21)18-14(12-24-10-9-19)15(20)22-11-13-7-5-4-6-8-13/h4-8,14,19H,9-12H2,1-3H3,(H,18,21)/t14-/m0/s1. The van der Waals surface area contributed by atoms with Crippen molar-refractivity contribution < 1.29 is 24.2 Å². The van der Waals surface area contributed by atoms with Crippen molar-refractivity contribution in [1.29, 1.82) is 0 Å². The lowest BCUT2D eigenvalue weighted by Crippen LogP contribution is -2.45. The van der Waals surface area contributed by atoms with E-state index in [1.165, 1.54) is 11.8 Å². The third-order valence-electron chi connectivity index (χ3n) is 2.72. The molecule has 0 aliphatic heterocycles. The predicted octanol–water partition coefficient (Wildman–Crippen LogP) is 2.35. The van der Waals surface area contributed by atoms with E-state index in [0.717, 1.165) is 5.56 Å². The first-order valence-electron chi connectivity index (χ1n) is 7.70. The van der Waals surface area contributed by atoms with E-state index in [1.54, 1.807) is 20.8 Å². The molecule has 1 amide bonds. The Morgan fingerprint density at radius 1 is 1.25 bits per heavy atom. The summed E-state index contributed by atoms with van der Waals surface area (Å²) < 4.78 is 10.4. The molecular weight excluding hydrogens is 330 g/mol. The summed E-state index contributed by atoms with van der Waals surface area (Å²) in [7, 11) is 0. The van der Waals surface area contributed by atoms with Crippen molar-refractivity contribution in [3.8, 4) is 0 Å². The molecule has 134 valence electrons. The zero-order valence-corrected chi connectivity index (χ0v) is 15.1. The van der Waals surface area contributed by atoms with E-state index in [2.05, 4.69) is 5.32 Å². The van der Waals surface area contributed by atoms with Crippen LogP contribution in [0.15, 0.2) is 30.3 Å². The van der Waals surface area contributed by atoms with Gasteiger partial charge in [-0.15, -0.1) is 0 Å². The van der Waals surface area contributed by atoms with Crippen LogP contribution < -0.4 is 5.32 Å². The Kier molecular flexibility index (Phi) is 8.63. The molecule has 0 saturated heterocycles. The first-order chi connectivity index (χ1) is 11.3. The molecule has 7 heteroatoms. The van der Waals surface area contributed by atoms with E-state index in [0.29, 0.717) is 11.5 Å². The molecule has 0 saturated carbocycles. The van der Waals surface area contributed by atoms with Crippen LogP contribution >= 0.6 is 11.8 Å². The van der Waals surface area contributed by atoms with Crippen LogP contribution in [0.3, 0.4) is 0 Å². The summed E-state index contributed by atoms with van der Waals surface area (Å²) in [5.74, 6) is 0.237. The molecule has 2 N–H and O–H groups in total. The first kappa shape index (κ1) is 20.3. The number of hydrogen-bond donors (Lipinski definition) is 2. The van der Waals surface area contributed by atoms with Gasteiger partial charge in [0.25, 0.3) is 0 Å². The van der Waals surface area contributed by atoms with Gasteiger partial charge in [0.05, 0.1) is 6.61 Å². The second kappa shape index (κ2) is 10.2. The second-order valence-corrected chi connectivity index (χ2v) is 7.24. The zero-order valence-electron chi connectivity index (χ0n) is 14.3. The summed E-state index contributed by atoms with van der Waals surface area (Å²) in [5.41, 5.74) is 0.214. The number of carbonyl (C=O) groups is 2. The topological polar surface area (TPSA) is 84.9 Å². The average molecular weight is 355 g/mol. The molecular formula is C17H25NO5S. The molecule has 0 aromatic heterocycles. The van der Waals surface area contributed by atoms with Crippen molar-refractivity contribution >= 4 is 23.8 Å². The van der Waals surface area contributed by atoms with Crippen molar-refractivity contribution in [1.82, 2.24) is 5.32 Å². The van der Waals surface area contributed by atoms with E-state index in [-0.39, 0.29) is 13.2 Å². The minimum absolute atomic E-state index is 0.00286. The third-order valence-corrected chi connectivity index (χ3v) is 3.76. The van der Waals surface area contributed by atoms with Crippen LogP contribution in [0.25, 0.3) is 0 Å². The quantitative estimate of drug-likeness (QED) is 0.550. The Morgan fingerprint density at radius 3 is 2.50 bits per heavy atom. The van der Waals surface area contributed by atoms with Crippen LogP contribution in [0.5, 0.6) is 0 Å². The van der Waals surface area contributed by atoms with Gasteiger partial charge in [-0.3, -0.25) is 0 Å². The Balaban J connectivity index is 2.58. The average Bonchev–Trinajstić information content (AvgIpc) is 2.51. The van der Waals surface area contributed by atoms with E-state index in [4.69, 9.17) is 14.6 Å². The van der Waals surface area contributed by atoms with Gasteiger partial charge in [-0.2, -0.15) is 11.8 Å². The maximum absolute atomic E-state index is 12.2.